The number of hydrogen-bond acceptors (Lipinski definition) is 4. The van der Waals surface area contributed by atoms with Gasteiger partial charge in [-0.2, -0.15) is 0 Å². The molecule has 3 N–H and O–H groups in total. The maximum absolute atomic E-state index is 11.8. The van der Waals surface area contributed by atoms with Crippen molar-refractivity contribution in [2.45, 2.75) is 26.7 Å². The molecule has 88 valence electrons. The van der Waals surface area contributed by atoms with Crippen LogP contribution in [0.3, 0.4) is 0 Å². The molecule has 1 amide bonds. The van der Waals surface area contributed by atoms with Gasteiger partial charge in [0, 0.05) is 6.54 Å². The Labute approximate surface area is 90.4 Å². The van der Waals surface area contributed by atoms with Crippen LogP contribution in [0.25, 0.3) is 0 Å². The molecule has 0 radical (unpaired) electrons. The van der Waals surface area contributed by atoms with Crippen LogP contribution >= 0.6 is 0 Å². The van der Waals surface area contributed by atoms with Gasteiger partial charge >= 0.3 is 5.97 Å². The molecule has 0 fully saturated rings. The first-order chi connectivity index (χ1) is 7.06. The minimum Gasteiger partial charge on any atom is -0.468 e. The molecule has 0 aliphatic carbocycles. The average Bonchev–Trinajstić information content (AvgIpc) is 2.28. The summed E-state index contributed by atoms with van der Waals surface area (Å²) in [5.74, 6) is -0.637. The lowest BCUT2D eigenvalue weighted by atomic mass is 9.81. The molecule has 5 heteroatoms. The van der Waals surface area contributed by atoms with E-state index in [1.807, 2.05) is 13.8 Å². The maximum Gasteiger partial charge on any atom is 0.325 e. The van der Waals surface area contributed by atoms with Crippen LogP contribution in [0.2, 0.25) is 0 Å². The summed E-state index contributed by atoms with van der Waals surface area (Å²) in [7, 11) is 1.28. The summed E-state index contributed by atoms with van der Waals surface area (Å²) in [6.45, 7) is 4.01. The van der Waals surface area contributed by atoms with Crippen LogP contribution < -0.4 is 11.1 Å². The first kappa shape index (κ1) is 13.9. The van der Waals surface area contributed by atoms with Crippen molar-refractivity contribution in [1.29, 1.82) is 0 Å². The fourth-order valence-corrected chi connectivity index (χ4v) is 1.36. The third-order valence-corrected chi connectivity index (χ3v) is 2.85. The molecule has 0 aromatic rings. The van der Waals surface area contributed by atoms with Gasteiger partial charge in [0.2, 0.25) is 5.91 Å². The molecule has 0 aromatic heterocycles. The van der Waals surface area contributed by atoms with Gasteiger partial charge in [0.15, 0.2) is 0 Å². The van der Waals surface area contributed by atoms with Crippen molar-refractivity contribution < 1.29 is 14.3 Å². The lowest BCUT2D eigenvalue weighted by Crippen LogP contribution is -2.46. The van der Waals surface area contributed by atoms with Crippen molar-refractivity contribution in [3.63, 3.8) is 0 Å². The molecule has 0 atom stereocenters. The van der Waals surface area contributed by atoms with Gasteiger partial charge in [-0.25, -0.2) is 0 Å². The Bertz CT molecular complexity index is 216. The van der Waals surface area contributed by atoms with Crippen molar-refractivity contribution in [2.24, 2.45) is 11.1 Å². The second kappa shape index (κ2) is 6.40. The van der Waals surface area contributed by atoms with Crippen molar-refractivity contribution >= 4 is 11.9 Å². The number of carbonyl (C=O) groups excluding carboxylic acids is 2. The SMILES string of the molecule is CCC(CC)(CN)C(=O)NCC(=O)OC. The van der Waals surface area contributed by atoms with Crippen LogP contribution in [0.15, 0.2) is 0 Å². The minimum atomic E-state index is -0.561. The molecule has 0 spiro atoms. The molecular formula is C10H20N2O3. The van der Waals surface area contributed by atoms with Crippen molar-refractivity contribution in [1.82, 2.24) is 5.32 Å². The number of nitrogens with two attached hydrogens (primary N) is 1. The standard InChI is InChI=1S/C10H20N2O3/c1-4-10(5-2,7-11)9(14)12-6-8(13)15-3/h4-7,11H2,1-3H3,(H,12,14). The van der Waals surface area contributed by atoms with E-state index in [4.69, 9.17) is 5.73 Å². The number of amides is 1. The number of nitrogens with one attached hydrogen (secondary N) is 1. The smallest absolute Gasteiger partial charge is 0.325 e. The molecule has 0 heterocycles. The highest BCUT2D eigenvalue weighted by Gasteiger charge is 2.33. The highest BCUT2D eigenvalue weighted by molar-refractivity contribution is 5.86. The molecular weight excluding hydrogens is 196 g/mol. The zero-order chi connectivity index (χ0) is 11.9. The van der Waals surface area contributed by atoms with Crippen LogP contribution in [0.4, 0.5) is 0 Å². The summed E-state index contributed by atoms with van der Waals surface area (Å²) in [6, 6.07) is 0. The zero-order valence-corrected chi connectivity index (χ0v) is 9.63. The van der Waals surface area contributed by atoms with E-state index >= 15 is 0 Å². The number of rotatable bonds is 6. The van der Waals surface area contributed by atoms with Gasteiger partial charge in [-0.1, -0.05) is 13.8 Å². The normalized spacial score (nSPS) is 10.9. The van der Waals surface area contributed by atoms with Crippen LogP contribution in [0.1, 0.15) is 26.7 Å². The molecule has 0 aliphatic heterocycles. The fraction of sp³-hybridized carbons (Fsp3) is 0.800. The zero-order valence-electron chi connectivity index (χ0n) is 9.63. The van der Waals surface area contributed by atoms with Crippen molar-refractivity contribution in [2.75, 3.05) is 20.2 Å². The highest BCUT2D eigenvalue weighted by Crippen LogP contribution is 2.24. The first-order valence-electron chi connectivity index (χ1n) is 5.11. The van der Waals surface area contributed by atoms with Crippen LogP contribution in [0, 0.1) is 5.41 Å². The molecule has 5 nitrogen and oxygen atoms in total. The molecule has 15 heavy (non-hydrogen) atoms. The Morgan fingerprint density at radius 1 is 1.33 bits per heavy atom. The Kier molecular flexibility index (Phi) is 5.93. The molecule has 0 rings (SSSR count). The Hall–Kier alpha value is -1.10. The quantitative estimate of drug-likeness (QED) is 0.614. The van der Waals surface area contributed by atoms with E-state index in [2.05, 4.69) is 10.1 Å². The molecule has 0 saturated heterocycles. The Balaban J connectivity index is 4.33. The minimum absolute atomic E-state index is 0.100. The van der Waals surface area contributed by atoms with E-state index in [1.165, 1.54) is 7.11 Å². The van der Waals surface area contributed by atoms with Crippen LogP contribution in [0.5, 0.6) is 0 Å². The lowest BCUT2D eigenvalue weighted by molar-refractivity contribution is -0.142. The predicted octanol–water partition coefficient (Wildman–Crippen LogP) is 0.0407. The van der Waals surface area contributed by atoms with Gasteiger partial charge in [0.25, 0.3) is 0 Å². The van der Waals surface area contributed by atoms with Crippen molar-refractivity contribution in [3.8, 4) is 0 Å². The van der Waals surface area contributed by atoms with Crippen LogP contribution in [-0.2, 0) is 14.3 Å². The summed E-state index contributed by atoms with van der Waals surface area (Å²) in [4.78, 5) is 22.6. The summed E-state index contributed by atoms with van der Waals surface area (Å²) in [5, 5.41) is 2.53. The monoisotopic (exact) mass is 216 g/mol. The van der Waals surface area contributed by atoms with E-state index in [-0.39, 0.29) is 19.0 Å². The first-order valence-corrected chi connectivity index (χ1v) is 5.11. The molecule has 0 aromatic carbocycles. The second-order valence-corrected chi connectivity index (χ2v) is 3.45. The van der Waals surface area contributed by atoms with E-state index < -0.39 is 11.4 Å². The summed E-state index contributed by atoms with van der Waals surface area (Å²) in [5.41, 5.74) is 5.03. The Morgan fingerprint density at radius 3 is 2.20 bits per heavy atom. The number of esters is 1. The van der Waals surface area contributed by atoms with Crippen molar-refractivity contribution in [3.05, 3.63) is 0 Å². The van der Waals surface area contributed by atoms with Gasteiger partial charge in [0.05, 0.1) is 12.5 Å². The van der Waals surface area contributed by atoms with Gasteiger partial charge < -0.3 is 15.8 Å². The molecule has 0 unspecified atom stereocenters. The maximum atomic E-state index is 11.8. The molecule has 0 saturated carbocycles. The van der Waals surface area contributed by atoms with E-state index in [0.717, 1.165) is 0 Å². The second-order valence-electron chi connectivity index (χ2n) is 3.45. The van der Waals surface area contributed by atoms with Gasteiger partial charge in [0.1, 0.15) is 6.54 Å². The number of ether oxygens (including phenoxy) is 1. The Morgan fingerprint density at radius 2 is 1.87 bits per heavy atom. The van der Waals surface area contributed by atoms with E-state index in [0.29, 0.717) is 12.8 Å². The average molecular weight is 216 g/mol. The third kappa shape index (κ3) is 3.51. The highest BCUT2D eigenvalue weighted by atomic mass is 16.5. The molecule has 0 bridgehead atoms. The van der Waals surface area contributed by atoms with E-state index in [9.17, 15) is 9.59 Å². The van der Waals surface area contributed by atoms with Gasteiger partial charge in [-0.15, -0.1) is 0 Å². The van der Waals surface area contributed by atoms with Crippen LogP contribution in [-0.4, -0.2) is 32.1 Å². The lowest BCUT2D eigenvalue weighted by Gasteiger charge is -2.28. The van der Waals surface area contributed by atoms with Gasteiger partial charge in [-0.3, -0.25) is 9.59 Å². The number of carbonyl (C=O) groups is 2. The topological polar surface area (TPSA) is 81.4 Å². The molecule has 0 aliphatic rings. The largest absolute Gasteiger partial charge is 0.468 e. The number of hydrogen-bond donors (Lipinski definition) is 2. The van der Waals surface area contributed by atoms with E-state index in [1.54, 1.807) is 0 Å². The predicted molar refractivity (Wildman–Crippen MR) is 57.1 cm³/mol. The third-order valence-electron chi connectivity index (χ3n) is 2.85. The number of methoxy groups -OCH3 is 1. The summed E-state index contributed by atoms with van der Waals surface area (Å²) >= 11 is 0. The van der Waals surface area contributed by atoms with Gasteiger partial charge in [-0.05, 0) is 12.8 Å². The fourth-order valence-electron chi connectivity index (χ4n) is 1.36. The summed E-state index contributed by atoms with van der Waals surface area (Å²) < 4.78 is 4.43. The summed E-state index contributed by atoms with van der Waals surface area (Å²) in [6.07, 6.45) is 1.32.